The van der Waals surface area contributed by atoms with Crippen molar-refractivity contribution in [3.8, 4) is 11.3 Å². The Morgan fingerprint density at radius 3 is 2.81 bits per heavy atom. The first kappa shape index (κ1) is 17.4. The minimum atomic E-state index is -0.337. The molecule has 2 heterocycles. The molecule has 0 fully saturated rings. The average Bonchev–Trinajstić information content (AvgIpc) is 3.13. The lowest BCUT2D eigenvalue weighted by atomic mass is 10.1. The van der Waals surface area contributed by atoms with E-state index in [-0.39, 0.29) is 5.97 Å². The lowest BCUT2D eigenvalue weighted by molar-refractivity contribution is 0.0526. The van der Waals surface area contributed by atoms with E-state index in [4.69, 9.17) is 21.3 Å². The maximum atomic E-state index is 12.0. The number of esters is 1. The van der Waals surface area contributed by atoms with Crippen molar-refractivity contribution in [2.45, 2.75) is 6.92 Å². The largest absolute Gasteiger partial charge is 0.462 e. The van der Waals surface area contributed by atoms with Gasteiger partial charge in [-0.3, -0.25) is 0 Å². The minimum Gasteiger partial charge on any atom is -0.462 e. The molecule has 0 amide bonds. The Balaban J connectivity index is 1.87. The quantitative estimate of drug-likeness (QED) is 0.475. The summed E-state index contributed by atoms with van der Waals surface area (Å²) in [7, 11) is 1.86. The molecular formula is C21H18ClN3O2. The Kier molecular flexibility index (Phi) is 4.46. The number of ether oxygens (including phenoxy) is 1. The van der Waals surface area contributed by atoms with Crippen LogP contribution < -0.4 is 5.32 Å². The molecule has 2 aromatic carbocycles. The van der Waals surface area contributed by atoms with Crippen LogP contribution in [0.4, 0.5) is 5.69 Å². The van der Waals surface area contributed by atoms with E-state index in [0.29, 0.717) is 17.2 Å². The Labute approximate surface area is 161 Å². The number of nitrogens with one attached hydrogen (secondary N) is 2. The summed E-state index contributed by atoms with van der Waals surface area (Å²) in [5.74, 6) is -0.337. The molecular weight excluding hydrogens is 362 g/mol. The fraction of sp³-hybridized carbons (Fsp3) is 0.143. The van der Waals surface area contributed by atoms with E-state index < -0.39 is 0 Å². The lowest BCUT2D eigenvalue weighted by Gasteiger charge is -2.07. The molecule has 4 aromatic rings. The number of aromatic nitrogens is 2. The highest BCUT2D eigenvalue weighted by Gasteiger charge is 2.14. The number of benzene rings is 2. The van der Waals surface area contributed by atoms with Gasteiger partial charge in [-0.15, -0.1) is 0 Å². The lowest BCUT2D eigenvalue weighted by Crippen LogP contribution is -2.04. The second-order valence-corrected chi connectivity index (χ2v) is 6.50. The molecule has 0 saturated heterocycles. The van der Waals surface area contributed by atoms with Crippen LogP contribution >= 0.6 is 11.6 Å². The summed E-state index contributed by atoms with van der Waals surface area (Å²) in [5.41, 5.74) is 5.50. The number of rotatable bonds is 4. The zero-order valence-electron chi connectivity index (χ0n) is 15.0. The monoisotopic (exact) mass is 379 g/mol. The molecule has 0 bridgehead atoms. The Bertz CT molecular complexity index is 1170. The van der Waals surface area contributed by atoms with Crippen LogP contribution in [0.2, 0.25) is 5.02 Å². The molecule has 2 N–H and O–H groups in total. The van der Waals surface area contributed by atoms with Gasteiger partial charge in [-0.1, -0.05) is 35.9 Å². The summed E-state index contributed by atoms with van der Waals surface area (Å²) in [6.45, 7) is 2.13. The van der Waals surface area contributed by atoms with Crippen molar-refractivity contribution < 1.29 is 9.53 Å². The van der Waals surface area contributed by atoms with Gasteiger partial charge >= 0.3 is 5.97 Å². The molecule has 0 radical (unpaired) electrons. The van der Waals surface area contributed by atoms with Crippen LogP contribution in [0.3, 0.4) is 0 Å². The first-order valence-electron chi connectivity index (χ1n) is 8.68. The maximum absolute atomic E-state index is 12.0. The van der Waals surface area contributed by atoms with Gasteiger partial charge in [0.2, 0.25) is 0 Å². The molecule has 0 unspecified atom stereocenters. The second kappa shape index (κ2) is 6.93. The third-order valence-electron chi connectivity index (χ3n) is 4.48. The van der Waals surface area contributed by atoms with E-state index in [0.717, 1.165) is 38.9 Å². The van der Waals surface area contributed by atoms with Crippen molar-refractivity contribution >= 4 is 45.2 Å². The fourth-order valence-electron chi connectivity index (χ4n) is 3.18. The van der Waals surface area contributed by atoms with Crippen molar-refractivity contribution in [1.29, 1.82) is 0 Å². The van der Waals surface area contributed by atoms with Gasteiger partial charge in [-0.2, -0.15) is 0 Å². The number of anilines is 1. The topological polar surface area (TPSA) is 67.0 Å². The summed E-state index contributed by atoms with van der Waals surface area (Å²) < 4.78 is 5.09. The highest BCUT2D eigenvalue weighted by atomic mass is 35.5. The molecule has 0 spiro atoms. The van der Waals surface area contributed by atoms with Gasteiger partial charge in [-0.25, -0.2) is 9.78 Å². The van der Waals surface area contributed by atoms with Crippen molar-refractivity contribution in [3.05, 3.63) is 59.1 Å². The van der Waals surface area contributed by atoms with Crippen molar-refractivity contribution in [2.75, 3.05) is 19.0 Å². The Morgan fingerprint density at radius 1 is 1.22 bits per heavy atom. The molecule has 0 aliphatic rings. The molecule has 27 heavy (non-hydrogen) atoms. The maximum Gasteiger partial charge on any atom is 0.338 e. The molecule has 2 aromatic heterocycles. The number of hydrogen-bond donors (Lipinski definition) is 2. The van der Waals surface area contributed by atoms with Gasteiger partial charge in [0.25, 0.3) is 0 Å². The van der Waals surface area contributed by atoms with Crippen molar-refractivity contribution in [2.24, 2.45) is 0 Å². The number of para-hydroxylation sites is 1. The van der Waals surface area contributed by atoms with Crippen LogP contribution in [-0.2, 0) is 4.74 Å². The number of hydrogen-bond acceptors (Lipinski definition) is 4. The van der Waals surface area contributed by atoms with Gasteiger partial charge in [0.15, 0.2) is 0 Å². The number of aromatic amines is 1. The number of H-pyrrole nitrogens is 1. The Morgan fingerprint density at radius 2 is 2.04 bits per heavy atom. The third-order valence-corrected chi connectivity index (χ3v) is 4.87. The fourth-order valence-corrected chi connectivity index (χ4v) is 3.48. The first-order valence-corrected chi connectivity index (χ1v) is 9.06. The molecule has 136 valence electrons. The van der Waals surface area contributed by atoms with E-state index >= 15 is 0 Å². The second-order valence-electron chi connectivity index (χ2n) is 6.12. The number of halogens is 1. The summed E-state index contributed by atoms with van der Waals surface area (Å²) in [4.78, 5) is 20.1. The molecule has 0 aliphatic heterocycles. The predicted octanol–water partition coefficient (Wildman–Crippen LogP) is 5.25. The summed E-state index contributed by atoms with van der Waals surface area (Å²) >= 11 is 6.65. The van der Waals surface area contributed by atoms with Crippen LogP contribution in [-0.4, -0.2) is 29.6 Å². The van der Waals surface area contributed by atoms with Gasteiger partial charge in [-0.05, 0) is 36.8 Å². The highest BCUT2D eigenvalue weighted by Crippen LogP contribution is 2.35. The van der Waals surface area contributed by atoms with E-state index in [1.54, 1.807) is 19.1 Å². The van der Waals surface area contributed by atoms with Gasteiger partial charge < -0.3 is 15.0 Å². The standard InChI is InChI=1S/C21H18ClN3O2/c1-3-27-21(26)13-7-4-6-12(10-13)16-11-17-20(24-16)18(22)14-8-5-9-15(23-2)19(14)25-17/h4-11,23-24H,3H2,1-2H3. The van der Waals surface area contributed by atoms with Gasteiger partial charge in [0.05, 0.1) is 39.4 Å². The van der Waals surface area contributed by atoms with E-state index in [9.17, 15) is 4.79 Å². The number of pyridine rings is 1. The molecule has 0 aliphatic carbocycles. The van der Waals surface area contributed by atoms with E-state index in [2.05, 4.69) is 10.3 Å². The smallest absolute Gasteiger partial charge is 0.338 e. The molecule has 4 rings (SSSR count). The van der Waals surface area contributed by atoms with E-state index in [1.165, 1.54) is 0 Å². The Hall–Kier alpha value is -3.05. The first-order chi connectivity index (χ1) is 13.1. The van der Waals surface area contributed by atoms with Crippen molar-refractivity contribution in [3.63, 3.8) is 0 Å². The summed E-state index contributed by atoms with van der Waals surface area (Å²) in [6, 6.07) is 15.1. The van der Waals surface area contributed by atoms with Gasteiger partial charge in [0, 0.05) is 18.1 Å². The predicted molar refractivity (Wildman–Crippen MR) is 110 cm³/mol. The molecule has 0 atom stereocenters. The van der Waals surface area contributed by atoms with Crippen LogP contribution in [0.15, 0.2) is 48.5 Å². The normalized spacial score (nSPS) is 11.1. The third kappa shape index (κ3) is 3.00. The molecule has 5 nitrogen and oxygen atoms in total. The number of nitrogens with zero attached hydrogens (tertiary/aromatic N) is 1. The van der Waals surface area contributed by atoms with E-state index in [1.807, 2.05) is 43.4 Å². The molecule has 6 heteroatoms. The van der Waals surface area contributed by atoms with Gasteiger partial charge in [0.1, 0.15) is 0 Å². The van der Waals surface area contributed by atoms with Crippen LogP contribution in [0, 0.1) is 0 Å². The van der Waals surface area contributed by atoms with Crippen LogP contribution in [0.1, 0.15) is 17.3 Å². The van der Waals surface area contributed by atoms with Crippen molar-refractivity contribution in [1.82, 2.24) is 9.97 Å². The average molecular weight is 380 g/mol. The zero-order valence-corrected chi connectivity index (χ0v) is 15.7. The van der Waals surface area contributed by atoms with Crippen LogP contribution in [0.5, 0.6) is 0 Å². The summed E-state index contributed by atoms with van der Waals surface area (Å²) in [6.07, 6.45) is 0. The highest BCUT2D eigenvalue weighted by molar-refractivity contribution is 6.40. The number of carbonyl (C=O) groups is 1. The molecule has 0 saturated carbocycles. The summed E-state index contributed by atoms with van der Waals surface area (Å²) in [5, 5.41) is 4.65. The number of carbonyl (C=O) groups excluding carboxylic acids is 1. The zero-order chi connectivity index (χ0) is 19.0. The van der Waals surface area contributed by atoms with Crippen LogP contribution in [0.25, 0.3) is 33.2 Å². The minimum absolute atomic E-state index is 0.337. The SMILES string of the molecule is CCOC(=O)c1cccc(-c2cc3nc4c(NC)cccc4c(Cl)c3[nH]2)c1. The number of fused-ring (bicyclic) bond motifs is 2.